The molecule has 1 aliphatic heterocycles. The van der Waals surface area contributed by atoms with Gasteiger partial charge in [-0.15, -0.1) is 11.3 Å². The summed E-state index contributed by atoms with van der Waals surface area (Å²) in [6, 6.07) is 1.83. The van der Waals surface area contributed by atoms with E-state index in [1.54, 1.807) is 22.6 Å². The minimum absolute atomic E-state index is 0.346. The Morgan fingerprint density at radius 1 is 1.35 bits per heavy atom. The fraction of sp³-hybridized carbons (Fsp3) is 0.462. The number of hydrogen-bond acceptors (Lipinski definition) is 5. The molecule has 0 aliphatic carbocycles. The van der Waals surface area contributed by atoms with E-state index in [-0.39, 0.29) is 6.03 Å². The highest BCUT2D eigenvalue weighted by atomic mass is 32.1. The molecule has 3 heterocycles. The molecule has 1 fully saturated rings. The number of carbonyl (C=O) groups is 1. The number of aromatic nitrogens is 2. The van der Waals surface area contributed by atoms with Gasteiger partial charge in [0.2, 0.25) is 0 Å². The van der Waals surface area contributed by atoms with E-state index in [2.05, 4.69) is 27.9 Å². The summed E-state index contributed by atoms with van der Waals surface area (Å²) in [6.45, 7) is 4.94. The van der Waals surface area contributed by atoms with E-state index in [1.807, 2.05) is 0 Å². The number of piperazine rings is 1. The zero-order valence-electron chi connectivity index (χ0n) is 11.4. The molecular weight excluding hydrogens is 274 g/mol. The van der Waals surface area contributed by atoms with E-state index in [9.17, 15) is 4.79 Å². The summed E-state index contributed by atoms with van der Waals surface area (Å²) in [5, 5.41) is 1.11. The number of amides is 2. The van der Waals surface area contributed by atoms with Crippen molar-refractivity contribution >= 4 is 33.4 Å². The molecule has 20 heavy (non-hydrogen) atoms. The van der Waals surface area contributed by atoms with E-state index in [1.165, 1.54) is 4.88 Å². The number of aryl methyl sites for hydroxylation is 1. The van der Waals surface area contributed by atoms with Crippen molar-refractivity contribution in [3.63, 3.8) is 0 Å². The quantitative estimate of drug-likeness (QED) is 0.909. The summed E-state index contributed by atoms with van der Waals surface area (Å²) >= 11 is 1.72. The van der Waals surface area contributed by atoms with Crippen LogP contribution in [-0.4, -0.2) is 47.1 Å². The lowest BCUT2D eigenvalue weighted by Gasteiger charge is -2.34. The predicted octanol–water partition coefficient (Wildman–Crippen LogP) is 1.45. The van der Waals surface area contributed by atoms with Gasteiger partial charge in [0.1, 0.15) is 17.0 Å². The molecule has 2 N–H and O–H groups in total. The normalized spacial score (nSPS) is 15.8. The summed E-state index contributed by atoms with van der Waals surface area (Å²) in [4.78, 5) is 26.2. The van der Waals surface area contributed by atoms with Crippen LogP contribution in [0.3, 0.4) is 0 Å². The number of carbonyl (C=O) groups excluding carboxylic acids is 1. The highest BCUT2D eigenvalue weighted by Gasteiger charge is 2.22. The largest absolute Gasteiger partial charge is 0.352 e. The second-order valence-corrected chi connectivity index (χ2v) is 5.91. The molecule has 106 valence electrons. The molecule has 0 saturated carbocycles. The molecule has 2 aromatic rings. The molecule has 6 nitrogen and oxygen atoms in total. The topological polar surface area (TPSA) is 75.3 Å². The molecule has 0 aromatic carbocycles. The molecule has 1 aliphatic rings. The minimum Gasteiger partial charge on any atom is -0.352 e. The van der Waals surface area contributed by atoms with E-state index < -0.39 is 0 Å². The standard InChI is InChI=1S/C13H17N5OS/c1-2-9-7-10-11(15-8-16-12(10)20-9)17-3-5-18(6-4-17)13(14)19/h7-8H,2-6H2,1H3,(H2,14,19). The molecule has 1 saturated heterocycles. The molecule has 0 atom stereocenters. The molecule has 0 radical (unpaired) electrons. The Balaban J connectivity index is 1.87. The van der Waals surface area contributed by atoms with Gasteiger partial charge in [-0.3, -0.25) is 0 Å². The highest BCUT2D eigenvalue weighted by Crippen LogP contribution is 2.30. The van der Waals surface area contributed by atoms with Gasteiger partial charge < -0.3 is 15.5 Å². The third-order valence-corrected chi connectivity index (χ3v) is 4.79. The number of primary amides is 1. The van der Waals surface area contributed by atoms with E-state index in [0.29, 0.717) is 13.1 Å². The molecule has 3 rings (SSSR count). The average Bonchev–Trinajstić information content (AvgIpc) is 2.90. The molecule has 0 bridgehead atoms. The third-order valence-electron chi connectivity index (χ3n) is 3.60. The van der Waals surface area contributed by atoms with Crippen LogP contribution in [0.4, 0.5) is 10.6 Å². The number of rotatable bonds is 2. The lowest BCUT2D eigenvalue weighted by Crippen LogP contribution is -2.50. The van der Waals surface area contributed by atoms with Crippen LogP contribution in [0, 0.1) is 0 Å². The van der Waals surface area contributed by atoms with Gasteiger partial charge in [0.05, 0.1) is 5.39 Å². The average molecular weight is 291 g/mol. The number of anilines is 1. The summed E-state index contributed by atoms with van der Waals surface area (Å²) in [7, 11) is 0. The first kappa shape index (κ1) is 13.1. The summed E-state index contributed by atoms with van der Waals surface area (Å²) in [5.74, 6) is 0.968. The van der Waals surface area contributed by atoms with Crippen LogP contribution >= 0.6 is 11.3 Å². The van der Waals surface area contributed by atoms with Crippen molar-refractivity contribution in [3.05, 3.63) is 17.3 Å². The fourth-order valence-electron chi connectivity index (χ4n) is 2.46. The Bertz CT molecular complexity index is 633. The van der Waals surface area contributed by atoms with Gasteiger partial charge in [-0.1, -0.05) is 6.92 Å². The van der Waals surface area contributed by atoms with Crippen LogP contribution in [0.25, 0.3) is 10.2 Å². The zero-order chi connectivity index (χ0) is 14.1. The number of nitrogens with zero attached hydrogens (tertiary/aromatic N) is 4. The fourth-order valence-corrected chi connectivity index (χ4v) is 3.39. The summed E-state index contributed by atoms with van der Waals surface area (Å²) < 4.78 is 0. The van der Waals surface area contributed by atoms with Crippen LogP contribution in [-0.2, 0) is 6.42 Å². The minimum atomic E-state index is -0.346. The van der Waals surface area contributed by atoms with Crippen molar-refractivity contribution in [2.75, 3.05) is 31.1 Å². The number of nitrogens with two attached hydrogens (primary N) is 1. The molecule has 0 spiro atoms. The number of thiophene rings is 1. The predicted molar refractivity (Wildman–Crippen MR) is 80.2 cm³/mol. The molecule has 0 unspecified atom stereocenters. The monoisotopic (exact) mass is 291 g/mol. The maximum absolute atomic E-state index is 11.2. The smallest absolute Gasteiger partial charge is 0.314 e. The van der Waals surface area contributed by atoms with Gasteiger partial charge in [-0.05, 0) is 12.5 Å². The van der Waals surface area contributed by atoms with E-state index >= 15 is 0 Å². The Hall–Kier alpha value is -1.89. The first-order chi connectivity index (χ1) is 9.69. The van der Waals surface area contributed by atoms with E-state index in [4.69, 9.17) is 5.73 Å². The van der Waals surface area contributed by atoms with Gasteiger partial charge in [0.25, 0.3) is 0 Å². The molecule has 2 aromatic heterocycles. The van der Waals surface area contributed by atoms with Gasteiger partial charge in [0.15, 0.2) is 0 Å². The Labute approximate surface area is 121 Å². The lowest BCUT2D eigenvalue weighted by atomic mass is 10.2. The van der Waals surface area contributed by atoms with Crippen molar-refractivity contribution in [3.8, 4) is 0 Å². The SMILES string of the molecule is CCc1cc2c(N3CCN(C(N)=O)CC3)ncnc2s1. The van der Waals surface area contributed by atoms with Crippen LogP contribution in [0.5, 0.6) is 0 Å². The van der Waals surface area contributed by atoms with Gasteiger partial charge in [-0.25, -0.2) is 14.8 Å². The summed E-state index contributed by atoms with van der Waals surface area (Å²) in [5.41, 5.74) is 5.31. The Morgan fingerprint density at radius 3 is 2.75 bits per heavy atom. The van der Waals surface area contributed by atoms with Crippen LogP contribution in [0.15, 0.2) is 12.4 Å². The van der Waals surface area contributed by atoms with Crippen molar-refractivity contribution < 1.29 is 4.79 Å². The van der Waals surface area contributed by atoms with Crippen molar-refractivity contribution in [1.29, 1.82) is 0 Å². The third kappa shape index (κ3) is 2.29. The van der Waals surface area contributed by atoms with Crippen molar-refractivity contribution in [1.82, 2.24) is 14.9 Å². The van der Waals surface area contributed by atoms with Crippen LogP contribution in [0.1, 0.15) is 11.8 Å². The summed E-state index contributed by atoms with van der Waals surface area (Å²) in [6.07, 6.45) is 2.63. The van der Waals surface area contributed by atoms with Crippen molar-refractivity contribution in [2.45, 2.75) is 13.3 Å². The number of fused-ring (bicyclic) bond motifs is 1. The maximum Gasteiger partial charge on any atom is 0.314 e. The first-order valence-corrected chi connectivity index (χ1v) is 7.53. The van der Waals surface area contributed by atoms with Crippen molar-refractivity contribution in [2.24, 2.45) is 5.73 Å². The first-order valence-electron chi connectivity index (χ1n) is 6.71. The number of urea groups is 1. The molecule has 7 heteroatoms. The zero-order valence-corrected chi connectivity index (χ0v) is 12.2. The van der Waals surface area contributed by atoms with Gasteiger partial charge in [0, 0.05) is 31.1 Å². The second-order valence-electron chi connectivity index (χ2n) is 4.79. The highest BCUT2D eigenvalue weighted by molar-refractivity contribution is 7.18. The Morgan fingerprint density at radius 2 is 2.10 bits per heavy atom. The lowest BCUT2D eigenvalue weighted by molar-refractivity contribution is 0.204. The van der Waals surface area contributed by atoms with Gasteiger partial charge in [-0.2, -0.15) is 0 Å². The van der Waals surface area contributed by atoms with Crippen LogP contribution in [0.2, 0.25) is 0 Å². The van der Waals surface area contributed by atoms with Crippen LogP contribution < -0.4 is 10.6 Å². The van der Waals surface area contributed by atoms with Gasteiger partial charge >= 0.3 is 6.03 Å². The Kier molecular flexibility index (Phi) is 3.43. The number of hydrogen-bond donors (Lipinski definition) is 1. The molecule has 2 amide bonds. The maximum atomic E-state index is 11.2. The van der Waals surface area contributed by atoms with E-state index in [0.717, 1.165) is 35.5 Å². The molecular formula is C13H17N5OS. The second kappa shape index (κ2) is 5.24.